The highest BCUT2D eigenvalue weighted by Gasteiger charge is 2.27. The van der Waals surface area contributed by atoms with Gasteiger partial charge in [0.1, 0.15) is 5.40 Å². The van der Waals surface area contributed by atoms with Gasteiger partial charge in [-0.25, -0.2) is 9.13 Å². The van der Waals surface area contributed by atoms with E-state index < -0.39 is 41.0 Å². The highest BCUT2D eigenvalue weighted by molar-refractivity contribution is 7.86. The van der Waals surface area contributed by atoms with Gasteiger partial charge in [-0.15, -0.1) is 10.1 Å². The topological polar surface area (TPSA) is 320 Å². The average Bonchev–Trinajstić information content (AvgIpc) is 2.56. The van der Waals surface area contributed by atoms with E-state index in [1.165, 1.54) is 17.5 Å². The minimum absolute atomic E-state index is 0.0730. The van der Waals surface area contributed by atoms with Gasteiger partial charge in [-0.05, 0) is 22.9 Å². The Morgan fingerprint density at radius 2 is 1.29 bits per heavy atom. The third-order valence-corrected chi connectivity index (χ3v) is 4.78. The SMILES string of the molecule is CS(=O)(=O)O.N#CS.O=P(O)(O)OP(=O)(O)O.O=S(=O)(O)c1ccc2ccccc2c1.O=[N+]([O-])O. The molecule has 0 saturated heterocycles. The smallest absolute Gasteiger partial charge is 0.328 e. The van der Waals surface area contributed by atoms with Gasteiger partial charge in [-0.1, -0.05) is 43.0 Å². The Bertz CT molecular complexity index is 1260. The second-order valence-corrected chi connectivity index (χ2v) is 10.8. The van der Waals surface area contributed by atoms with Crippen LogP contribution in [-0.4, -0.2) is 62.1 Å². The number of fused-ring (bicyclic) bond motifs is 1. The molecule has 0 heterocycles. The molecular formula is C12H18N2O16P2S3. The molecule has 18 nitrogen and oxygen atoms in total. The van der Waals surface area contributed by atoms with E-state index >= 15 is 0 Å². The fraction of sp³-hybridized carbons (Fsp3) is 0.0833. The van der Waals surface area contributed by atoms with Crippen molar-refractivity contribution in [3.05, 3.63) is 52.6 Å². The van der Waals surface area contributed by atoms with Crippen LogP contribution in [0.1, 0.15) is 0 Å². The van der Waals surface area contributed by atoms with Gasteiger partial charge in [0, 0.05) is 0 Å². The van der Waals surface area contributed by atoms with Crippen LogP contribution < -0.4 is 0 Å². The fourth-order valence-electron chi connectivity index (χ4n) is 1.47. The van der Waals surface area contributed by atoms with E-state index in [0.29, 0.717) is 6.26 Å². The van der Waals surface area contributed by atoms with Gasteiger partial charge in [0.15, 0.2) is 0 Å². The molecule has 0 saturated carbocycles. The van der Waals surface area contributed by atoms with E-state index in [9.17, 15) is 26.0 Å². The van der Waals surface area contributed by atoms with Gasteiger partial charge in [0.2, 0.25) is 0 Å². The maximum atomic E-state index is 10.8. The summed E-state index contributed by atoms with van der Waals surface area (Å²) >= 11 is 3.09. The van der Waals surface area contributed by atoms with E-state index in [1.54, 1.807) is 12.1 Å². The molecule has 23 heteroatoms. The van der Waals surface area contributed by atoms with Crippen molar-refractivity contribution in [1.29, 1.82) is 5.26 Å². The number of nitriles is 1. The Kier molecular flexibility index (Phi) is 17.6. The minimum atomic E-state index is -5.05. The molecule has 0 spiro atoms. The van der Waals surface area contributed by atoms with Crippen LogP contribution in [0.15, 0.2) is 47.4 Å². The zero-order chi connectivity index (χ0) is 28.7. The molecule has 0 aliphatic rings. The van der Waals surface area contributed by atoms with E-state index in [2.05, 4.69) is 16.9 Å². The number of thiol groups is 1. The maximum Gasteiger partial charge on any atom is 0.478 e. The Balaban J connectivity index is -0.000000421. The number of phosphoric acid groups is 2. The van der Waals surface area contributed by atoms with Crippen LogP contribution in [0.25, 0.3) is 10.8 Å². The van der Waals surface area contributed by atoms with E-state index in [4.69, 9.17) is 49.3 Å². The summed E-state index contributed by atoms with van der Waals surface area (Å²) in [7, 11) is -17.9. The summed E-state index contributed by atoms with van der Waals surface area (Å²) in [6, 6.07) is 11.9. The molecule has 35 heavy (non-hydrogen) atoms. The summed E-state index contributed by atoms with van der Waals surface area (Å²) in [4.78, 5) is 39.3. The predicted octanol–water partition coefficient (Wildman–Crippen LogP) is 0.828. The first-order valence-corrected chi connectivity index (χ1v) is 14.3. The summed E-state index contributed by atoms with van der Waals surface area (Å²) in [6.45, 7) is 0. The lowest BCUT2D eigenvalue weighted by Crippen LogP contribution is -1.97. The highest BCUT2D eigenvalue weighted by atomic mass is 32.2. The van der Waals surface area contributed by atoms with Crippen LogP contribution in [0, 0.1) is 20.8 Å². The standard InChI is InChI=1S/C10H8O3S.CHNS.CH4O3S.HNO3.H4O7P2/c11-14(12,13)10-6-5-8-3-1-2-4-9(8)7-10;2-1-3;1-5(2,3)4;2-1(3)4;1-8(2,3)7-9(4,5)6/h1-7H,(H,11,12,13);3H;1H3,(H,2,3,4);(H,2,3,4);(H2,1,2,3)(H2,4,5,6). The van der Waals surface area contributed by atoms with Crippen molar-refractivity contribution in [2.24, 2.45) is 0 Å². The van der Waals surface area contributed by atoms with Crippen molar-refractivity contribution in [2.75, 3.05) is 6.26 Å². The van der Waals surface area contributed by atoms with Gasteiger partial charge in [0.05, 0.1) is 11.2 Å². The third kappa shape index (κ3) is 31.8. The first-order chi connectivity index (χ1) is 15.4. The lowest BCUT2D eigenvalue weighted by molar-refractivity contribution is -0.742. The van der Waals surface area contributed by atoms with Crippen LogP contribution in [0.5, 0.6) is 0 Å². The van der Waals surface area contributed by atoms with Gasteiger partial charge >= 0.3 is 15.6 Å². The molecule has 7 N–H and O–H groups in total. The van der Waals surface area contributed by atoms with Crippen molar-refractivity contribution >= 4 is 59.3 Å². The largest absolute Gasteiger partial charge is 0.478 e. The molecular weight excluding hydrogens is 586 g/mol. The van der Waals surface area contributed by atoms with Crippen LogP contribution in [0.4, 0.5) is 0 Å². The van der Waals surface area contributed by atoms with Gasteiger partial charge in [0.25, 0.3) is 25.3 Å². The molecule has 200 valence electrons. The Labute approximate surface area is 202 Å². The first-order valence-electron chi connectivity index (χ1n) is 7.50. The molecule has 0 aliphatic heterocycles. The first kappa shape index (κ1) is 37.4. The molecule has 2 rings (SSSR count). The van der Waals surface area contributed by atoms with Crippen molar-refractivity contribution < 1.29 is 69.2 Å². The zero-order valence-electron chi connectivity index (χ0n) is 16.9. The van der Waals surface area contributed by atoms with Gasteiger partial charge in [-0.3, -0.25) is 9.11 Å². The summed E-state index contributed by atoms with van der Waals surface area (Å²) in [5.74, 6) is 0. The number of rotatable bonds is 3. The lowest BCUT2D eigenvalue weighted by Gasteiger charge is -2.03. The molecule has 0 amide bonds. The lowest BCUT2D eigenvalue weighted by atomic mass is 10.1. The minimum Gasteiger partial charge on any atom is -0.328 e. The van der Waals surface area contributed by atoms with Crippen LogP contribution in [-0.2, 0) is 33.7 Å². The van der Waals surface area contributed by atoms with Crippen LogP contribution >= 0.6 is 28.3 Å². The Morgan fingerprint density at radius 1 is 0.971 bits per heavy atom. The number of benzene rings is 2. The average molecular weight is 604 g/mol. The van der Waals surface area contributed by atoms with Crippen molar-refractivity contribution in [2.45, 2.75) is 4.90 Å². The van der Waals surface area contributed by atoms with Gasteiger partial charge in [-0.2, -0.15) is 26.4 Å². The summed E-state index contributed by atoms with van der Waals surface area (Å²) in [5.41, 5.74) is 0. The maximum absolute atomic E-state index is 10.8. The summed E-state index contributed by atoms with van der Waals surface area (Å²) < 4.78 is 78.6. The monoisotopic (exact) mass is 604 g/mol. The molecule has 0 atom stereocenters. The molecule has 0 aromatic heterocycles. The van der Waals surface area contributed by atoms with Gasteiger partial charge < -0.3 is 24.8 Å². The van der Waals surface area contributed by atoms with Crippen LogP contribution in [0.2, 0.25) is 0 Å². The molecule has 0 unspecified atom stereocenters. The number of hydrogen-bond donors (Lipinski definition) is 8. The van der Waals surface area contributed by atoms with E-state index in [0.717, 1.165) is 10.8 Å². The van der Waals surface area contributed by atoms with E-state index in [-0.39, 0.29) is 4.90 Å². The molecule has 0 radical (unpaired) electrons. The molecule has 2 aromatic rings. The molecule has 0 fully saturated rings. The predicted molar refractivity (Wildman–Crippen MR) is 120 cm³/mol. The number of hydrogen-bond acceptors (Lipinski definition) is 11. The quantitative estimate of drug-likeness (QED) is 0.0600. The van der Waals surface area contributed by atoms with E-state index in [1.807, 2.05) is 18.2 Å². The summed E-state index contributed by atoms with van der Waals surface area (Å²) in [6.07, 6.45) is 0.715. The molecule has 0 aliphatic carbocycles. The zero-order valence-corrected chi connectivity index (χ0v) is 21.2. The Morgan fingerprint density at radius 3 is 1.54 bits per heavy atom. The normalized spacial score (nSPS) is 10.8. The van der Waals surface area contributed by atoms with Crippen LogP contribution in [0.3, 0.4) is 0 Å². The third-order valence-electron chi connectivity index (χ3n) is 2.23. The second-order valence-electron chi connectivity index (χ2n) is 5.12. The number of nitrogens with zero attached hydrogens (tertiary/aromatic N) is 2. The highest BCUT2D eigenvalue weighted by Crippen LogP contribution is 2.53. The Hall–Kier alpha value is -2.18. The van der Waals surface area contributed by atoms with Crippen molar-refractivity contribution in [3.63, 3.8) is 0 Å². The summed E-state index contributed by atoms with van der Waals surface area (Å²) in [5, 5.41) is 24.0. The number of thiocyanates is 1. The second kappa shape index (κ2) is 16.5. The van der Waals surface area contributed by atoms with Crippen molar-refractivity contribution in [1.82, 2.24) is 0 Å². The fourth-order valence-corrected chi connectivity index (χ4v) is 3.09. The molecule has 2 aromatic carbocycles. The molecule has 0 bridgehead atoms. The van der Waals surface area contributed by atoms with Crippen molar-refractivity contribution in [3.8, 4) is 5.40 Å².